The quantitative estimate of drug-likeness (QED) is 0.337. The number of carbonyl (C=O) groups excluding carboxylic acids is 1. The highest BCUT2D eigenvalue weighted by Gasteiger charge is 2.26. The van der Waals surface area contributed by atoms with E-state index in [9.17, 15) is 4.79 Å². The van der Waals surface area contributed by atoms with Gasteiger partial charge < -0.3 is 19.6 Å². The summed E-state index contributed by atoms with van der Waals surface area (Å²) in [5.41, 5.74) is 4.91. The molecule has 3 aromatic rings. The third kappa shape index (κ3) is 5.17. The number of nitrogens with zero attached hydrogens (tertiary/aromatic N) is 7. The molecule has 0 radical (unpaired) electrons. The van der Waals surface area contributed by atoms with E-state index in [2.05, 4.69) is 80.5 Å². The molecule has 5 rings (SSSR count). The molecule has 2 aliphatic rings. The standard InChI is InChI=1S/C27H32IN7O/c1-18-14-19-8-9-20(22-6-5-7-23(29-22)26(36)32(2)3)15-21(19)17-35(18)25-16-24(30-27(28)31-25)34-12-10-33(4)11-13-34/h5-9,15-16,18H,10-14,17H2,1-4H3. The topological polar surface area (TPSA) is 68.7 Å². The fourth-order valence-electron chi connectivity index (χ4n) is 4.89. The lowest BCUT2D eigenvalue weighted by molar-refractivity contribution is 0.0822. The molecular weight excluding hydrogens is 565 g/mol. The molecule has 1 fully saturated rings. The van der Waals surface area contributed by atoms with Crippen LogP contribution in [0.2, 0.25) is 0 Å². The Labute approximate surface area is 226 Å². The molecule has 0 N–H and O–H groups in total. The van der Waals surface area contributed by atoms with Gasteiger partial charge in [0, 0.05) is 87.1 Å². The zero-order valence-corrected chi connectivity index (χ0v) is 23.4. The number of halogens is 1. The Bertz CT molecular complexity index is 1270. The summed E-state index contributed by atoms with van der Waals surface area (Å²) < 4.78 is 0.775. The third-order valence-corrected chi connectivity index (χ3v) is 7.54. The normalized spacial score (nSPS) is 18.2. The maximum absolute atomic E-state index is 12.4. The minimum Gasteiger partial charge on any atom is -0.354 e. The van der Waals surface area contributed by atoms with Gasteiger partial charge in [-0.05, 0) is 49.7 Å². The maximum Gasteiger partial charge on any atom is 0.271 e. The smallest absolute Gasteiger partial charge is 0.271 e. The SMILES string of the molecule is CC1Cc2ccc(-c3cccc(C(=O)N(C)C)n3)cc2CN1c1cc(N2CCN(C)CC2)nc(I)n1. The van der Waals surface area contributed by atoms with Crippen LogP contribution in [0.1, 0.15) is 28.5 Å². The van der Waals surface area contributed by atoms with Crippen LogP contribution in [0.15, 0.2) is 42.5 Å². The minimum absolute atomic E-state index is 0.0932. The van der Waals surface area contributed by atoms with Crippen molar-refractivity contribution >= 4 is 40.1 Å². The van der Waals surface area contributed by atoms with E-state index >= 15 is 0 Å². The van der Waals surface area contributed by atoms with Gasteiger partial charge in [-0.1, -0.05) is 18.2 Å². The van der Waals surface area contributed by atoms with E-state index in [-0.39, 0.29) is 5.91 Å². The minimum atomic E-state index is -0.0932. The second-order valence-corrected chi connectivity index (χ2v) is 10.9. The van der Waals surface area contributed by atoms with E-state index in [0.29, 0.717) is 11.7 Å². The summed E-state index contributed by atoms with van der Waals surface area (Å²) in [6.45, 7) is 7.08. The van der Waals surface area contributed by atoms with Crippen molar-refractivity contribution in [3.63, 3.8) is 0 Å². The van der Waals surface area contributed by atoms with Crippen LogP contribution in [0.4, 0.5) is 11.6 Å². The number of benzene rings is 1. The van der Waals surface area contributed by atoms with Crippen molar-refractivity contribution in [2.24, 2.45) is 0 Å². The lowest BCUT2D eigenvalue weighted by Gasteiger charge is -2.37. The molecule has 8 nitrogen and oxygen atoms in total. The molecule has 0 bridgehead atoms. The average molecular weight is 598 g/mol. The van der Waals surface area contributed by atoms with Crippen molar-refractivity contribution in [2.75, 3.05) is 57.1 Å². The average Bonchev–Trinajstić information content (AvgIpc) is 2.87. The number of hydrogen-bond donors (Lipinski definition) is 0. The highest BCUT2D eigenvalue weighted by Crippen LogP contribution is 2.32. The van der Waals surface area contributed by atoms with Gasteiger partial charge in [0.15, 0.2) is 3.83 Å². The number of likely N-dealkylation sites (N-methyl/N-ethyl adjacent to an activating group) is 1. The predicted octanol–water partition coefficient (Wildman–Crippen LogP) is 3.55. The van der Waals surface area contributed by atoms with E-state index in [1.807, 2.05) is 12.1 Å². The number of anilines is 2. The number of piperazine rings is 1. The Morgan fingerprint density at radius 3 is 2.47 bits per heavy atom. The first-order chi connectivity index (χ1) is 17.3. The molecule has 1 saturated heterocycles. The van der Waals surface area contributed by atoms with Crippen LogP contribution in [-0.4, -0.2) is 84.0 Å². The fraction of sp³-hybridized carbons (Fsp3) is 0.407. The van der Waals surface area contributed by atoms with Crippen LogP contribution in [0.25, 0.3) is 11.3 Å². The van der Waals surface area contributed by atoms with E-state index in [1.165, 1.54) is 11.1 Å². The molecule has 9 heteroatoms. The third-order valence-electron chi connectivity index (χ3n) is 7.06. The number of fused-ring (bicyclic) bond motifs is 1. The van der Waals surface area contributed by atoms with E-state index < -0.39 is 0 Å². The van der Waals surface area contributed by atoms with E-state index in [0.717, 1.165) is 65.9 Å². The first-order valence-corrected chi connectivity index (χ1v) is 13.4. The molecule has 1 unspecified atom stereocenters. The largest absolute Gasteiger partial charge is 0.354 e. The number of rotatable bonds is 4. The molecule has 1 amide bonds. The van der Waals surface area contributed by atoms with Gasteiger partial charge in [-0.25, -0.2) is 15.0 Å². The Morgan fingerprint density at radius 1 is 0.972 bits per heavy atom. The van der Waals surface area contributed by atoms with Crippen molar-refractivity contribution in [3.05, 3.63) is 63.1 Å². The number of hydrogen-bond acceptors (Lipinski definition) is 7. The van der Waals surface area contributed by atoms with Gasteiger partial charge >= 0.3 is 0 Å². The molecule has 0 aliphatic carbocycles. The first-order valence-electron chi connectivity index (χ1n) is 12.3. The molecule has 0 saturated carbocycles. The van der Waals surface area contributed by atoms with Crippen LogP contribution in [0.3, 0.4) is 0 Å². The maximum atomic E-state index is 12.4. The summed E-state index contributed by atoms with van der Waals surface area (Å²) in [5, 5.41) is 0. The van der Waals surface area contributed by atoms with Crippen LogP contribution in [-0.2, 0) is 13.0 Å². The number of carbonyl (C=O) groups is 1. The van der Waals surface area contributed by atoms with Gasteiger partial charge in [-0.15, -0.1) is 0 Å². The zero-order chi connectivity index (χ0) is 25.4. The molecule has 188 valence electrons. The summed E-state index contributed by atoms with van der Waals surface area (Å²) in [4.78, 5) is 35.3. The second kappa shape index (κ2) is 10.3. The summed E-state index contributed by atoms with van der Waals surface area (Å²) in [6, 6.07) is 14.6. The molecule has 2 aliphatic heterocycles. The van der Waals surface area contributed by atoms with Gasteiger partial charge in [0.05, 0.1) is 5.69 Å². The van der Waals surface area contributed by atoms with Crippen molar-refractivity contribution in [2.45, 2.75) is 25.9 Å². The van der Waals surface area contributed by atoms with E-state index in [1.54, 1.807) is 25.1 Å². The summed E-state index contributed by atoms with van der Waals surface area (Å²) in [7, 11) is 5.66. The summed E-state index contributed by atoms with van der Waals surface area (Å²) in [5.74, 6) is 1.89. The second-order valence-electron chi connectivity index (χ2n) is 9.92. The lowest BCUT2D eigenvalue weighted by atomic mass is 9.92. The van der Waals surface area contributed by atoms with Crippen molar-refractivity contribution in [3.8, 4) is 11.3 Å². The molecular formula is C27H32IN7O. The molecule has 2 aromatic heterocycles. The number of amides is 1. The van der Waals surface area contributed by atoms with Crippen molar-refractivity contribution in [1.82, 2.24) is 24.8 Å². The Morgan fingerprint density at radius 2 is 1.72 bits per heavy atom. The van der Waals surface area contributed by atoms with Gasteiger partial charge in [0.1, 0.15) is 17.3 Å². The highest BCUT2D eigenvalue weighted by molar-refractivity contribution is 14.1. The van der Waals surface area contributed by atoms with Gasteiger partial charge in [0.2, 0.25) is 0 Å². The van der Waals surface area contributed by atoms with Crippen LogP contribution >= 0.6 is 22.6 Å². The van der Waals surface area contributed by atoms with Gasteiger partial charge in [0.25, 0.3) is 5.91 Å². The predicted molar refractivity (Wildman–Crippen MR) is 151 cm³/mol. The van der Waals surface area contributed by atoms with Crippen molar-refractivity contribution in [1.29, 1.82) is 0 Å². The molecule has 0 spiro atoms. The van der Waals surface area contributed by atoms with Gasteiger partial charge in [-0.2, -0.15) is 0 Å². The molecule has 4 heterocycles. The van der Waals surface area contributed by atoms with Gasteiger partial charge in [-0.3, -0.25) is 4.79 Å². The summed E-state index contributed by atoms with van der Waals surface area (Å²) in [6.07, 6.45) is 0.951. The van der Waals surface area contributed by atoms with Crippen LogP contribution < -0.4 is 9.80 Å². The van der Waals surface area contributed by atoms with Crippen LogP contribution in [0.5, 0.6) is 0 Å². The Balaban J connectivity index is 1.43. The number of aromatic nitrogens is 3. The van der Waals surface area contributed by atoms with Crippen molar-refractivity contribution < 1.29 is 4.79 Å². The highest BCUT2D eigenvalue weighted by atomic mass is 127. The van der Waals surface area contributed by atoms with E-state index in [4.69, 9.17) is 9.97 Å². The fourth-order valence-corrected chi connectivity index (χ4v) is 5.38. The first kappa shape index (κ1) is 24.9. The van der Waals surface area contributed by atoms with Crippen LogP contribution in [0, 0.1) is 3.83 Å². The lowest BCUT2D eigenvalue weighted by Crippen LogP contribution is -2.45. The monoisotopic (exact) mass is 597 g/mol. The summed E-state index contributed by atoms with van der Waals surface area (Å²) >= 11 is 2.24. The molecule has 1 atom stereocenters. The molecule has 1 aromatic carbocycles. The zero-order valence-electron chi connectivity index (χ0n) is 21.3. The molecule has 36 heavy (non-hydrogen) atoms. The Hall–Kier alpha value is -2.79. The number of pyridine rings is 1. The Kier molecular flexibility index (Phi) is 7.11.